The summed E-state index contributed by atoms with van der Waals surface area (Å²) in [6, 6.07) is 9.67. The molecule has 2 N–H and O–H groups in total. The fourth-order valence-electron chi connectivity index (χ4n) is 4.38. The number of aromatic nitrogens is 2. The van der Waals surface area contributed by atoms with Crippen LogP contribution in [0.4, 0.5) is 11.6 Å². The largest absolute Gasteiger partial charge is 0.393 e. The summed E-state index contributed by atoms with van der Waals surface area (Å²) >= 11 is 0. The van der Waals surface area contributed by atoms with Crippen LogP contribution in [-0.4, -0.2) is 56.8 Å². The molecule has 0 unspecified atom stereocenters. The molecule has 7 heteroatoms. The van der Waals surface area contributed by atoms with Crippen LogP contribution >= 0.6 is 0 Å². The standard InChI is InChI=1S/C23H30N4O3/c1-16(2)20-12-19(28)13-23(30-20)8-10-27(11-9-23)21(29)17-14-24-22(25-15-17)26-18-6-4-3-5-7-18/h3-7,14-16,19-20,28H,8-13H2,1-2H3,(H,24,25,26)/t19-,20-/m1/s1. The number of aliphatic hydroxyl groups is 1. The van der Waals surface area contributed by atoms with Gasteiger partial charge in [-0.1, -0.05) is 32.0 Å². The monoisotopic (exact) mass is 410 g/mol. The van der Waals surface area contributed by atoms with E-state index >= 15 is 0 Å². The van der Waals surface area contributed by atoms with E-state index in [0.717, 1.165) is 18.5 Å². The number of anilines is 2. The summed E-state index contributed by atoms with van der Waals surface area (Å²) in [7, 11) is 0. The first-order valence-corrected chi connectivity index (χ1v) is 10.7. The van der Waals surface area contributed by atoms with E-state index in [9.17, 15) is 9.90 Å². The van der Waals surface area contributed by atoms with Crippen molar-refractivity contribution in [2.24, 2.45) is 5.92 Å². The van der Waals surface area contributed by atoms with Crippen LogP contribution in [-0.2, 0) is 4.74 Å². The van der Waals surface area contributed by atoms with E-state index in [4.69, 9.17) is 4.74 Å². The third-order valence-electron chi connectivity index (χ3n) is 6.15. The fraction of sp³-hybridized carbons (Fsp3) is 0.522. The van der Waals surface area contributed by atoms with Crippen molar-refractivity contribution in [3.63, 3.8) is 0 Å². The van der Waals surface area contributed by atoms with Crippen LogP contribution in [0.3, 0.4) is 0 Å². The van der Waals surface area contributed by atoms with Gasteiger partial charge in [-0.25, -0.2) is 9.97 Å². The van der Waals surface area contributed by atoms with Gasteiger partial charge in [0.15, 0.2) is 0 Å². The maximum absolute atomic E-state index is 12.9. The van der Waals surface area contributed by atoms with Crippen LogP contribution in [0.1, 0.15) is 49.9 Å². The maximum atomic E-state index is 12.9. The second-order valence-electron chi connectivity index (χ2n) is 8.76. The summed E-state index contributed by atoms with van der Waals surface area (Å²) < 4.78 is 6.42. The number of rotatable bonds is 4. The van der Waals surface area contributed by atoms with Crippen LogP contribution in [0.15, 0.2) is 42.7 Å². The van der Waals surface area contributed by atoms with Gasteiger partial charge in [0, 0.05) is 37.6 Å². The predicted octanol–water partition coefficient (Wildman–Crippen LogP) is 3.39. The Balaban J connectivity index is 1.36. The van der Waals surface area contributed by atoms with Crippen molar-refractivity contribution in [2.45, 2.75) is 57.3 Å². The van der Waals surface area contributed by atoms with Gasteiger partial charge in [0.25, 0.3) is 5.91 Å². The highest BCUT2D eigenvalue weighted by molar-refractivity contribution is 5.93. The molecule has 30 heavy (non-hydrogen) atoms. The molecule has 2 aromatic rings. The quantitative estimate of drug-likeness (QED) is 0.803. The SMILES string of the molecule is CC(C)[C@H]1C[C@@H](O)CC2(CCN(C(=O)c3cnc(Nc4ccccc4)nc3)CC2)O1. The zero-order valence-electron chi connectivity index (χ0n) is 17.6. The van der Waals surface area contributed by atoms with Crippen molar-refractivity contribution in [3.05, 3.63) is 48.3 Å². The van der Waals surface area contributed by atoms with Gasteiger partial charge in [0.1, 0.15) is 0 Å². The lowest BCUT2D eigenvalue weighted by atomic mass is 9.80. The average molecular weight is 411 g/mol. The fourth-order valence-corrected chi connectivity index (χ4v) is 4.38. The Morgan fingerprint density at radius 1 is 1.20 bits per heavy atom. The predicted molar refractivity (Wildman–Crippen MR) is 115 cm³/mol. The lowest BCUT2D eigenvalue weighted by Crippen LogP contribution is -2.54. The molecule has 2 saturated heterocycles. The van der Waals surface area contributed by atoms with Crippen LogP contribution in [0.5, 0.6) is 0 Å². The molecule has 2 atom stereocenters. The van der Waals surface area contributed by atoms with Crippen molar-refractivity contribution in [1.29, 1.82) is 0 Å². The smallest absolute Gasteiger partial charge is 0.256 e. The molecule has 0 radical (unpaired) electrons. The van der Waals surface area contributed by atoms with Crippen molar-refractivity contribution >= 4 is 17.5 Å². The summed E-state index contributed by atoms with van der Waals surface area (Å²) in [6.45, 7) is 5.48. The highest BCUT2D eigenvalue weighted by Crippen LogP contribution is 2.39. The Labute approximate surface area is 177 Å². The highest BCUT2D eigenvalue weighted by Gasteiger charge is 2.44. The zero-order valence-corrected chi connectivity index (χ0v) is 17.6. The van der Waals surface area contributed by atoms with Crippen molar-refractivity contribution in [3.8, 4) is 0 Å². The van der Waals surface area contributed by atoms with Crippen LogP contribution in [0.25, 0.3) is 0 Å². The lowest BCUT2D eigenvalue weighted by Gasteiger charge is -2.48. The number of piperidine rings is 1. The van der Waals surface area contributed by atoms with E-state index in [1.807, 2.05) is 35.2 Å². The number of ether oxygens (including phenoxy) is 1. The Bertz CT molecular complexity index is 849. The van der Waals surface area contributed by atoms with E-state index in [-0.39, 0.29) is 23.7 Å². The number of carbonyl (C=O) groups excluding carboxylic acids is 1. The molecule has 0 aliphatic carbocycles. The van der Waals surface area contributed by atoms with Gasteiger partial charge < -0.3 is 20.1 Å². The number of benzene rings is 1. The molecule has 0 saturated carbocycles. The third kappa shape index (κ3) is 4.63. The molecule has 2 fully saturated rings. The molecule has 160 valence electrons. The van der Waals surface area contributed by atoms with Gasteiger partial charge >= 0.3 is 0 Å². The van der Waals surface area contributed by atoms with E-state index in [2.05, 4.69) is 29.1 Å². The number of hydrogen-bond donors (Lipinski definition) is 2. The number of carbonyl (C=O) groups is 1. The van der Waals surface area contributed by atoms with Crippen LogP contribution in [0.2, 0.25) is 0 Å². The lowest BCUT2D eigenvalue weighted by molar-refractivity contribution is -0.190. The normalized spacial score (nSPS) is 23.5. The molecule has 2 aliphatic rings. The Morgan fingerprint density at radius 3 is 2.50 bits per heavy atom. The second kappa shape index (κ2) is 8.70. The molecule has 3 heterocycles. The third-order valence-corrected chi connectivity index (χ3v) is 6.15. The summed E-state index contributed by atoms with van der Waals surface area (Å²) in [4.78, 5) is 23.3. The molecule has 1 aromatic heterocycles. The highest BCUT2D eigenvalue weighted by atomic mass is 16.5. The molecular formula is C23H30N4O3. The number of amides is 1. The van der Waals surface area contributed by atoms with Crippen molar-refractivity contribution in [2.75, 3.05) is 18.4 Å². The number of aliphatic hydroxyl groups excluding tert-OH is 1. The minimum absolute atomic E-state index is 0.0621. The summed E-state index contributed by atoms with van der Waals surface area (Å²) in [5, 5.41) is 13.5. The van der Waals surface area contributed by atoms with Gasteiger partial charge in [-0.2, -0.15) is 0 Å². The molecule has 4 rings (SSSR count). The number of nitrogens with zero attached hydrogens (tertiary/aromatic N) is 3. The average Bonchev–Trinajstić information content (AvgIpc) is 2.74. The Kier molecular flexibility index (Phi) is 6.01. The Morgan fingerprint density at radius 2 is 1.87 bits per heavy atom. The van der Waals surface area contributed by atoms with Gasteiger partial charge in [-0.3, -0.25) is 4.79 Å². The van der Waals surface area contributed by atoms with E-state index < -0.39 is 0 Å². The van der Waals surface area contributed by atoms with Crippen molar-refractivity contribution < 1.29 is 14.6 Å². The molecule has 7 nitrogen and oxygen atoms in total. The molecule has 1 spiro atoms. The molecular weight excluding hydrogens is 380 g/mol. The van der Waals surface area contributed by atoms with E-state index in [1.165, 1.54) is 0 Å². The topological polar surface area (TPSA) is 87.6 Å². The molecule has 1 aromatic carbocycles. The minimum Gasteiger partial charge on any atom is -0.393 e. The summed E-state index contributed by atoms with van der Waals surface area (Å²) in [5.74, 6) is 0.768. The van der Waals surface area contributed by atoms with E-state index in [1.54, 1.807) is 12.4 Å². The van der Waals surface area contributed by atoms with Gasteiger partial charge in [0.2, 0.25) is 5.95 Å². The van der Waals surface area contributed by atoms with Crippen LogP contribution in [0, 0.1) is 5.92 Å². The number of nitrogens with one attached hydrogen (secondary N) is 1. The Hall–Kier alpha value is -2.51. The maximum Gasteiger partial charge on any atom is 0.256 e. The van der Waals surface area contributed by atoms with Crippen LogP contribution < -0.4 is 5.32 Å². The zero-order chi connectivity index (χ0) is 21.1. The molecule has 2 aliphatic heterocycles. The van der Waals surface area contributed by atoms with Gasteiger partial charge in [-0.15, -0.1) is 0 Å². The number of likely N-dealkylation sites (tertiary alicyclic amines) is 1. The van der Waals surface area contributed by atoms with Gasteiger partial charge in [-0.05, 0) is 37.3 Å². The van der Waals surface area contributed by atoms with Crippen molar-refractivity contribution in [1.82, 2.24) is 14.9 Å². The van der Waals surface area contributed by atoms with E-state index in [0.29, 0.717) is 43.4 Å². The first-order valence-electron chi connectivity index (χ1n) is 10.7. The number of hydrogen-bond acceptors (Lipinski definition) is 6. The molecule has 1 amide bonds. The summed E-state index contributed by atoms with van der Waals surface area (Å²) in [5.41, 5.74) is 1.06. The molecule has 0 bridgehead atoms. The summed E-state index contributed by atoms with van der Waals surface area (Å²) in [6.07, 6.45) is 5.73. The van der Waals surface area contributed by atoms with Gasteiger partial charge in [0.05, 0.1) is 23.4 Å². The second-order valence-corrected chi connectivity index (χ2v) is 8.76. The number of para-hydroxylation sites is 1. The first-order chi connectivity index (χ1) is 14.4. The minimum atomic E-state index is -0.327. The first kappa shape index (κ1) is 20.8.